The summed E-state index contributed by atoms with van der Waals surface area (Å²) in [6.07, 6.45) is 9.17. The highest BCUT2D eigenvalue weighted by molar-refractivity contribution is 5.83. The molecule has 1 atom stereocenters. The monoisotopic (exact) mass is 552 g/mol. The van der Waals surface area contributed by atoms with Crippen LogP contribution in [0.1, 0.15) is 49.6 Å². The van der Waals surface area contributed by atoms with E-state index in [1.54, 1.807) is 6.20 Å². The Hall–Kier alpha value is -3.86. The number of rotatable bonds is 15. The number of nitrogens with zero attached hydrogens (tertiary/aromatic N) is 5. The molecule has 0 spiro atoms. The molecule has 0 unspecified atom stereocenters. The van der Waals surface area contributed by atoms with Crippen LogP contribution in [0.25, 0.3) is 0 Å². The van der Waals surface area contributed by atoms with Crippen LogP contribution in [0.2, 0.25) is 0 Å². The molecule has 214 valence electrons. The van der Waals surface area contributed by atoms with Crippen LogP contribution in [0.5, 0.6) is 5.75 Å². The summed E-state index contributed by atoms with van der Waals surface area (Å²) >= 11 is 0. The van der Waals surface area contributed by atoms with E-state index in [-0.39, 0.29) is 11.7 Å². The lowest BCUT2D eigenvalue weighted by Gasteiger charge is -2.24. The lowest BCUT2D eigenvalue weighted by atomic mass is 10.1. The molecule has 0 saturated heterocycles. The predicted octanol–water partition coefficient (Wildman–Crippen LogP) is 3.37. The third-order valence-electron chi connectivity index (χ3n) is 6.97. The number of ketones is 1. The van der Waals surface area contributed by atoms with Crippen LogP contribution >= 0.6 is 0 Å². The van der Waals surface area contributed by atoms with Gasteiger partial charge in [-0.1, -0.05) is 15.8 Å². The Morgan fingerprint density at radius 2 is 2.08 bits per heavy atom. The number of hydrogen-bond donors (Lipinski definition) is 3. The van der Waals surface area contributed by atoms with Gasteiger partial charge < -0.3 is 15.3 Å². The van der Waals surface area contributed by atoms with Gasteiger partial charge in [0.25, 0.3) is 0 Å². The molecule has 3 N–H and O–H groups in total. The number of aromatic nitrogens is 4. The SMILES string of the molecule is CC(=O)[C@H](CCN(CCCCc1ccc2c(n1)NCCC2)CCOc1ccc(C)nc1)Nc1ncc(F)c[n+]1O. The van der Waals surface area contributed by atoms with E-state index in [1.165, 1.54) is 12.5 Å². The van der Waals surface area contributed by atoms with E-state index in [2.05, 4.69) is 37.6 Å². The quantitative estimate of drug-likeness (QED) is 0.148. The molecule has 1 aliphatic heterocycles. The number of pyridine rings is 2. The first-order chi connectivity index (χ1) is 19.4. The zero-order valence-corrected chi connectivity index (χ0v) is 23.3. The maximum Gasteiger partial charge on any atom is 0.429 e. The number of nitrogens with one attached hydrogen (secondary N) is 2. The van der Waals surface area contributed by atoms with Crippen molar-refractivity contribution in [3.05, 3.63) is 65.6 Å². The molecule has 4 rings (SSSR count). The van der Waals surface area contributed by atoms with E-state index in [4.69, 9.17) is 9.72 Å². The molecule has 0 bridgehead atoms. The number of carbonyl (C=O) groups excluding carboxylic acids is 1. The lowest BCUT2D eigenvalue weighted by molar-refractivity contribution is -0.896. The van der Waals surface area contributed by atoms with Crippen molar-refractivity contribution in [1.82, 2.24) is 19.9 Å². The van der Waals surface area contributed by atoms with Gasteiger partial charge in [0.1, 0.15) is 36.6 Å². The van der Waals surface area contributed by atoms with Crippen molar-refractivity contribution in [2.45, 2.75) is 58.4 Å². The van der Waals surface area contributed by atoms with E-state index in [1.807, 2.05) is 19.1 Å². The molecule has 4 heterocycles. The van der Waals surface area contributed by atoms with E-state index < -0.39 is 11.9 Å². The topological polar surface area (TPSA) is 116 Å². The molecule has 11 heteroatoms. The van der Waals surface area contributed by atoms with Crippen LogP contribution in [0.15, 0.2) is 42.9 Å². The number of anilines is 2. The summed E-state index contributed by atoms with van der Waals surface area (Å²) in [4.78, 5) is 27.6. The zero-order chi connectivity index (χ0) is 28.3. The van der Waals surface area contributed by atoms with Crippen LogP contribution in [0.3, 0.4) is 0 Å². The molecular formula is C29H39FN7O3+. The number of halogens is 1. The number of unbranched alkanes of at least 4 members (excludes halogenated alkanes) is 1. The fraction of sp³-hybridized carbons (Fsp3) is 0.483. The molecule has 10 nitrogen and oxygen atoms in total. The second-order valence-corrected chi connectivity index (χ2v) is 10.2. The summed E-state index contributed by atoms with van der Waals surface area (Å²) in [6, 6.07) is 7.55. The van der Waals surface area contributed by atoms with Crippen molar-refractivity contribution in [3.8, 4) is 5.75 Å². The minimum atomic E-state index is -0.677. The fourth-order valence-electron chi connectivity index (χ4n) is 4.66. The number of aryl methyl sites for hydroxylation is 3. The van der Waals surface area contributed by atoms with Gasteiger partial charge in [-0.15, -0.1) is 0 Å². The number of ether oxygens (including phenoxy) is 1. The molecule has 3 aromatic rings. The summed E-state index contributed by atoms with van der Waals surface area (Å²) in [5.41, 5.74) is 3.32. The first kappa shape index (κ1) is 29.1. The van der Waals surface area contributed by atoms with E-state index in [9.17, 15) is 14.4 Å². The number of Topliss-reactive ketones (excluding diaryl/α,β-unsaturated/α-hetero) is 1. The van der Waals surface area contributed by atoms with Crippen molar-refractivity contribution in [1.29, 1.82) is 0 Å². The van der Waals surface area contributed by atoms with Gasteiger partial charge in [0.2, 0.25) is 0 Å². The van der Waals surface area contributed by atoms with Crippen LogP contribution in [-0.2, 0) is 17.6 Å². The summed E-state index contributed by atoms with van der Waals surface area (Å²) < 4.78 is 19.8. The summed E-state index contributed by atoms with van der Waals surface area (Å²) in [6.45, 7) is 7.01. The minimum absolute atomic E-state index is 0.00962. The van der Waals surface area contributed by atoms with Crippen LogP contribution in [0, 0.1) is 12.7 Å². The van der Waals surface area contributed by atoms with Crippen molar-refractivity contribution >= 4 is 17.5 Å². The normalized spacial score (nSPS) is 13.4. The molecule has 40 heavy (non-hydrogen) atoms. The highest BCUT2D eigenvalue weighted by atomic mass is 19.1. The highest BCUT2D eigenvalue weighted by Gasteiger charge is 2.24. The molecule has 0 fully saturated rings. The molecule has 0 saturated carbocycles. The Morgan fingerprint density at radius 3 is 2.85 bits per heavy atom. The summed E-state index contributed by atoms with van der Waals surface area (Å²) in [5.74, 6) is 0.978. The van der Waals surface area contributed by atoms with Gasteiger partial charge in [0, 0.05) is 37.4 Å². The summed E-state index contributed by atoms with van der Waals surface area (Å²) in [5, 5.41) is 16.3. The van der Waals surface area contributed by atoms with Gasteiger partial charge in [0.15, 0.2) is 11.6 Å². The molecule has 0 aromatic carbocycles. The van der Waals surface area contributed by atoms with Crippen LogP contribution < -0.4 is 20.1 Å². The third-order valence-corrected chi connectivity index (χ3v) is 6.97. The number of carbonyl (C=O) groups is 1. The van der Waals surface area contributed by atoms with Crippen LogP contribution in [0.4, 0.5) is 16.2 Å². The maximum atomic E-state index is 13.3. The fourth-order valence-corrected chi connectivity index (χ4v) is 4.66. The van der Waals surface area contributed by atoms with Gasteiger partial charge in [-0.3, -0.25) is 20.0 Å². The van der Waals surface area contributed by atoms with E-state index in [0.29, 0.717) is 30.8 Å². The highest BCUT2D eigenvalue weighted by Crippen LogP contribution is 2.20. The lowest BCUT2D eigenvalue weighted by Crippen LogP contribution is -2.42. The zero-order valence-electron chi connectivity index (χ0n) is 23.3. The standard InChI is InChI=1S/C29H38FN7O3/c1-21-8-11-26(19-32-21)40-17-16-36(14-4-3-7-25-10-9-23-6-5-13-31-28(23)34-25)15-12-27(22(2)38)35-29-33-18-24(30)20-37(29)39/h8-11,18-20,27,39H,3-7,12-17H2,1-2H3,(H,31,34)/p+1/t27-/m0/s1. The van der Waals surface area contributed by atoms with Gasteiger partial charge in [-0.05, 0) is 76.3 Å². The minimum Gasteiger partial charge on any atom is -0.491 e. The van der Waals surface area contributed by atoms with Crippen molar-refractivity contribution in [2.75, 3.05) is 43.4 Å². The second-order valence-electron chi connectivity index (χ2n) is 10.2. The van der Waals surface area contributed by atoms with Crippen LogP contribution in [-0.4, -0.2) is 69.7 Å². The van der Waals surface area contributed by atoms with Gasteiger partial charge in [-0.2, -0.15) is 0 Å². The van der Waals surface area contributed by atoms with Crippen molar-refractivity contribution in [3.63, 3.8) is 0 Å². The third kappa shape index (κ3) is 8.84. The Morgan fingerprint density at radius 1 is 1.20 bits per heavy atom. The maximum absolute atomic E-state index is 13.3. The molecular weight excluding hydrogens is 513 g/mol. The Bertz CT molecular complexity index is 1260. The Kier molecular flexibility index (Phi) is 10.6. The molecule has 0 amide bonds. The predicted molar refractivity (Wildman–Crippen MR) is 149 cm³/mol. The van der Waals surface area contributed by atoms with Gasteiger partial charge >= 0.3 is 5.95 Å². The smallest absolute Gasteiger partial charge is 0.429 e. The number of fused-ring (bicyclic) bond motifs is 1. The average molecular weight is 553 g/mol. The van der Waals surface area contributed by atoms with Crippen molar-refractivity contribution in [2.24, 2.45) is 0 Å². The van der Waals surface area contributed by atoms with Gasteiger partial charge in [0.05, 0.1) is 6.20 Å². The second kappa shape index (κ2) is 14.5. The number of hydrogen-bond acceptors (Lipinski definition) is 9. The molecule has 1 aliphatic rings. The Balaban J connectivity index is 1.31. The first-order valence-corrected chi connectivity index (χ1v) is 13.9. The summed E-state index contributed by atoms with van der Waals surface area (Å²) in [7, 11) is 0. The molecule has 3 aromatic heterocycles. The molecule has 0 aliphatic carbocycles. The van der Waals surface area contributed by atoms with E-state index in [0.717, 1.165) is 80.5 Å². The van der Waals surface area contributed by atoms with Crippen molar-refractivity contribution < 1.29 is 23.9 Å². The van der Waals surface area contributed by atoms with Gasteiger partial charge in [-0.25, -0.2) is 9.37 Å². The Labute approximate surface area is 234 Å². The first-order valence-electron chi connectivity index (χ1n) is 13.9. The largest absolute Gasteiger partial charge is 0.491 e. The average Bonchev–Trinajstić information content (AvgIpc) is 2.94. The molecule has 0 radical (unpaired) electrons. The van der Waals surface area contributed by atoms with E-state index >= 15 is 0 Å².